The molecule has 1 aromatic carbocycles. The van der Waals surface area contributed by atoms with Gasteiger partial charge in [0.05, 0.1) is 12.1 Å². The van der Waals surface area contributed by atoms with E-state index in [2.05, 4.69) is 46.4 Å². The SMILES string of the molecule is CC(C)C(=O)Nc1nc(CC(=O)N2CCN(Cc3ccccc3)CC2C)cs1. The fraction of sp³-hybridized carbons (Fsp3) is 0.476. The van der Waals surface area contributed by atoms with E-state index in [1.165, 1.54) is 16.9 Å². The Hall–Kier alpha value is -2.25. The highest BCUT2D eigenvalue weighted by molar-refractivity contribution is 7.13. The molecule has 1 N–H and O–H groups in total. The van der Waals surface area contributed by atoms with E-state index in [4.69, 9.17) is 0 Å². The topological polar surface area (TPSA) is 65.5 Å². The van der Waals surface area contributed by atoms with Crippen molar-refractivity contribution in [1.82, 2.24) is 14.8 Å². The highest BCUT2D eigenvalue weighted by Crippen LogP contribution is 2.19. The van der Waals surface area contributed by atoms with Crippen molar-refractivity contribution in [1.29, 1.82) is 0 Å². The number of nitrogens with zero attached hydrogens (tertiary/aromatic N) is 3. The predicted molar refractivity (Wildman–Crippen MR) is 112 cm³/mol. The van der Waals surface area contributed by atoms with Gasteiger partial charge in [0.25, 0.3) is 0 Å². The maximum Gasteiger partial charge on any atom is 0.228 e. The van der Waals surface area contributed by atoms with Gasteiger partial charge in [-0.15, -0.1) is 11.3 Å². The highest BCUT2D eigenvalue weighted by Gasteiger charge is 2.27. The summed E-state index contributed by atoms with van der Waals surface area (Å²) in [5.41, 5.74) is 2.01. The number of carbonyl (C=O) groups is 2. The molecule has 1 aliphatic heterocycles. The summed E-state index contributed by atoms with van der Waals surface area (Å²) in [5.74, 6) is -0.0590. The molecule has 0 aliphatic carbocycles. The molecule has 1 saturated heterocycles. The Labute approximate surface area is 170 Å². The lowest BCUT2D eigenvalue weighted by molar-refractivity contribution is -0.135. The molecule has 1 unspecified atom stereocenters. The highest BCUT2D eigenvalue weighted by atomic mass is 32.1. The molecule has 2 amide bonds. The molecular weight excluding hydrogens is 372 g/mol. The van der Waals surface area contributed by atoms with Gasteiger partial charge in [-0.25, -0.2) is 4.98 Å². The van der Waals surface area contributed by atoms with Gasteiger partial charge < -0.3 is 10.2 Å². The molecule has 1 fully saturated rings. The molecule has 1 aromatic heterocycles. The quantitative estimate of drug-likeness (QED) is 0.810. The van der Waals surface area contributed by atoms with Crippen LogP contribution >= 0.6 is 11.3 Å². The number of piperazine rings is 1. The van der Waals surface area contributed by atoms with E-state index in [0.717, 1.165) is 26.2 Å². The number of thiazole rings is 1. The minimum atomic E-state index is -0.0954. The molecular formula is C21H28N4O2S. The first kappa shape index (κ1) is 20.5. The van der Waals surface area contributed by atoms with Crippen molar-refractivity contribution in [2.24, 2.45) is 5.92 Å². The molecule has 2 aromatic rings. The molecule has 7 heteroatoms. The van der Waals surface area contributed by atoms with Gasteiger partial charge in [-0.1, -0.05) is 44.2 Å². The maximum absolute atomic E-state index is 12.8. The predicted octanol–water partition coefficient (Wildman–Crippen LogP) is 3.01. The molecule has 2 heterocycles. The number of aromatic nitrogens is 1. The number of rotatable bonds is 6. The summed E-state index contributed by atoms with van der Waals surface area (Å²) >= 11 is 1.36. The van der Waals surface area contributed by atoms with Crippen molar-refractivity contribution in [2.45, 2.75) is 39.8 Å². The van der Waals surface area contributed by atoms with Crippen LogP contribution in [0.15, 0.2) is 35.7 Å². The Morgan fingerprint density at radius 2 is 2.00 bits per heavy atom. The standard InChI is InChI=1S/C21H28N4O2S/c1-15(2)20(27)23-21-22-18(14-28-21)11-19(26)25-10-9-24(12-16(25)3)13-17-7-5-4-6-8-17/h4-8,14-16H,9-13H2,1-3H3,(H,22,23,27). The van der Waals surface area contributed by atoms with Gasteiger partial charge in [0, 0.05) is 43.5 Å². The summed E-state index contributed by atoms with van der Waals surface area (Å²) < 4.78 is 0. The van der Waals surface area contributed by atoms with Gasteiger partial charge >= 0.3 is 0 Å². The van der Waals surface area contributed by atoms with Gasteiger partial charge in [0.1, 0.15) is 0 Å². The second kappa shape index (κ2) is 9.30. The number of hydrogen-bond donors (Lipinski definition) is 1. The molecule has 3 rings (SSSR count). The van der Waals surface area contributed by atoms with E-state index in [0.29, 0.717) is 10.8 Å². The van der Waals surface area contributed by atoms with Crippen LogP contribution in [-0.2, 0) is 22.6 Å². The fourth-order valence-corrected chi connectivity index (χ4v) is 4.05. The number of benzene rings is 1. The number of hydrogen-bond acceptors (Lipinski definition) is 5. The Kier molecular flexibility index (Phi) is 6.80. The monoisotopic (exact) mass is 400 g/mol. The van der Waals surface area contributed by atoms with E-state index in [9.17, 15) is 9.59 Å². The maximum atomic E-state index is 12.8. The summed E-state index contributed by atoms with van der Waals surface area (Å²) in [7, 11) is 0. The number of carbonyl (C=O) groups excluding carboxylic acids is 2. The largest absolute Gasteiger partial charge is 0.337 e. The van der Waals surface area contributed by atoms with E-state index in [1.54, 1.807) is 0 Å². The van der Waals surface area contributed by atoms with Crippen LogP contribution in [0.5, 0.6) is 0 Å². The summed E-state index contributed by atoms with van der Waals surface area (Å²) in [6.07, 6.45) is 0.275. The smallest absolute Gasteiger partial charge is 0.228 e. The third-order valence-corrected chi connectivity index (χ3v) is 5.73. The Morgan fingerprint density at radius 1 is 1.25 bits per heavy atom. The lowest BCUT2D eigenvalue weighted by atomic mass is 10.1. The zero-order valence-electron chi connectivity index (χ0n) is 16.7. The van der Waals surface area contributed by atoms with Crippen LogP contribution < -0.4 is 5.32 Å². The molecule has 28 heavy (non-hydrogen) atoms. The molecule has 150 valence electrons. The summed E-state index contributed by atoms with van der Waals surface area (Å²) in [6, 6.07) is 10.6. The van der Waals surface area contributed by atoms with Crippen LogP contribution in [0.1, 0.15) is 32.0 Å². The first-order chi connectivity index (χ1) is 13.4. The Balaban J connectivity index is 1.51. The van der Waals surface area contributed by atoms with Crippen LogP contribution in [0.2, 0.25) is 0 Å². The van der Waals surface area contributed by atoms with Gasteiger partial charge in [-0.2, -0.15) is 0 Å². The van der Waals surface area contributed by atoms with Gasteiger partial charge in [0.2, 0.25) is 11.8 Å². The average molecular weight is 401 g/mol. The minimum Gasteiger partial charge on any atom is -0.337 e. The molecule has 6 nitrogen and oxygen atoms in total. The number of amides is 2. The molecule has 0 radical (unpaired) electrons. The fourth-order valence-electron chi connectivity index (χ4n) is 3.34. The summed E-state index contributed by atoms with van der Waals surface area (Å²) in [6.45, 7) is 9.17. The lowest BCUT2D eigenvalue weighted by Gasteiger charge is -2.40. The third-order valence-electron chi connectivity index (χ3n) is 4.92. The average Bonchev–Trinajstić information content (AvgIpc) is 3.09. The van der Waals surface area contributed by atoms with Crippen molar-refractivity contribution < 1.29 is 9.59 Å². The zero-order valence-corrected chi connectivity index (χ0v) is 17.5. The van der Waals surface area contributed by atoms with E-state index < -0.39 is 0 Å². The molecule has 0 saturated carbocycles. The van der Waals surface area contributed by atoms with Gasteiger partial charge in [0.15, 0.2) is 5.13 Å². The van der Waals surface area contributed by atoms with E-state index in [-0.39, 0.29) is 30.2 Å². The Morgan fingerprint density at radius 3 is 2.68 bits per heavy atom. The van der Waals surface area contributed by atoms with Crippen LogP contribution in [0, 0.1) is 5.92 Å². The molecule has 1 atom stereocenters. The van der Waals surface area contributed by atoms with Crippen LogP contribution in [0.25, 0.3) is 0 Å². The van der Waals surface area contributed by atoms with Crippen LogP contribution in [-0.4, -0.2) is 52.3 Å². The molecule has 0 spiro atoms. The van der Waals surface area contributed by atoms with Crippen molar-refractivity contribution in [3.63, 3.8) is 0 Å². The molecule has 1 aliphatic rings. The first-order valence-corrected chi connectivity index (χ1v) is 10.6. The lowest BCUT2D eigenvalue weighted by Crippen LogP contribution is -2.54. The van der Waals surface area contributed by atoms with Crippen molar-refractivity contribution in [2.75, 3.05) is 25.0 Å². The second-order valence-corrected chi connectivity index (χ2v) is 8.48. The first-order valence-electron chi connectivity index (χ1n) is 9.73. The van der Waals surface area contributed by atoms with Crippen LogP contribution in [0.3, 0.4) is 0 Å². The third kappa shape index (κ3) is 5.39. The minimum absolute atomic E-state index is 0.0598. The summed E-state index contributed by atoms with van der Waals surface area (Å²) in [4.78, 5) is 33.3. The van der Waals surface area contributed by atoms with E-state index >= 15 is 0 Å². The van der Waals surface area contributed by atoms with E-state index in [1.807, 2.05) is 30.2 Å². The number of nitrogens with one attached hydrogen (secondary N) is 1. The van der Waals surface area contributed by atoms with Gasteiger partial charge in [-0.05, 0) is 12.5 Å². The van der Waals surface area contributed by atoms with Gasteiger partial charge in [-0.3, -0.25) is 14.5 Å². The van der Waals surface area contributed by atoms with Crippen LogP contribution in [0.4, 0.5) is 5.13 Å². The second-order valence-electron chi connectivity index (χ2n) is 7.62. The normalized spacial score (nSPS) is 17.7. The summed E-state index contributed by atoms with van der Waals surface area (Å²) in [5, 5.41) is 5.20. The van der Waals surface area contributed by atoms with Crippen molar-refractivity contribution >= 4 is 28.3 Å². The van der Waals surface area contributed by atoms with Crippen molar-refractivity contribution in [3.8, 4) is 0 Å². The van der Waals surface area contributed by atoms with Crippen molar-refractivity contribution in [3.05, 3.63) is 47.0 Å². The zero-order chi connectivity index (χ0) is 20.1. The number of anilines is 1. The Bertz CT molecular complexity index is 806. The molecule has 0 bridgehead atoms.